The predicted molar refractivity (Wildman–Crippen MR) is 126 cm³/mol. The van der Waals surface area contributed by atoms with Gasteiger partial charge >= 0.3 is 0 Å². The molecule has 7 heteroatoms. The summed E-state index contributed by atoms with van der Waals surface area (Å²) in [4.78, 5) is 12.8. The number of benzene rings is 2. The van der Waals surface area contributed by atoms with E-state index in [2.05, 4.69) is 5.32 Å². The normalized spacial score (nSPS) is 12.5. The van der Waals surface area contributed by atoms with E-state index in [-0.39, 0.29) is 12.0 Å². The second-order valence-corrected chi connectivity index (χ2v) is 10.1. The van der Waals surface area contributed by atoms with Gasteiger partial charge in [0, 0.05) is 6.54 Å². The van der Waals surface area contributed by atoms with Crippen LogP contribution >= 0.6 is 0 Å². The molecule has 1 atom stereocenters. The molecule has 0 aromatic heterocycles. The third-order valence-corrected chi connectivity index (χ3v) is 6.13. The average molecular weight is 447 g/mol. The van der Waals surface area contributed by atoms with E-state index in [1.54, 1.807) is 13.0 Å². The van der Waals surface area contributed by atoms with Gasteiger partial charge in [0.05, 0.1) is 18.0 Å². The van der Waals surface area contributed by atoms with Crippen molar-refractivity contribution < 1.29 is 17.9 Å². The molecule has 2 rings (SSSR count). The summed E-state index contributed by atoms with van der Waals surface area (Å²) in [5.41, 5.74) is 3.41. The number of rotatable bonds is 10. The van der Waals surface area contributed by atoms with Gasteiger partial charge in [0.2, 0.25) is 15.9 Å². The lowest BCUT2D eigenvalue weighted by Gasteiger charge is -2.29. The van der Waals surface area contributed by atoms with Gasteiger partial charge < -0.3 is 10.1 Å². The Morgan fingerprint density at radius 2 is 1.81 bits per heavy atom. The Hall–Kier alpha value is -2.54. The molecule has 2 aromatic rings. The molecule has 31 heavy (non-hydrogen) atoms. The van der Waals surface area contributed by atoms with E-state index in [0.717, 1.165) is 41.5 Å². The molecule has 0 saturated heterocycles. The van der Waals surface area contributed by atoms with Gasteiger partial charge in [-0.05, 0) is 82.3 Å². The second-order valence-electron chi connectivity index (χ2n) is 8.23. The zero-order chi connectivity index (χ0) is 23.2. The van der Waals surface area contributed by atoms with Crippen molar-refractivity contribution in [2.45, 2.75) is 59.6 Å². The number of anilines is 1. The highest BCUT2D eigenvalue weighted by molar-refractivity contribution is 7.92. The van der Waals surface area contributed by atoms with Gasteiger partial charge in [-0.25, -0.2) is 8.42 Å². The lowest BCUT2D eigenvalue weighted by atomic mass is 10.1. The average Bonchev–Trinajstić information content (AvgIpc) is 2.66. The molecule has 0 aliphatic heterocycles. The van der Waals surface area contributed by atoms with Crippen LogP contribution in [0.2, 0.25) is 0 Å². The number of amides is 1. The molecule has 2 aromatic carbocycles. The molecular weight excluding hydrogens is 412 g/mol. The molecule has 0 radical (unpaired) electrons. The van der Waals surface area contributed by atoms with Crippen molar-refractivity contribution in [3.8, 4) is 5.75 Å². The molecule has 0 fully saturated rings. The van der Waals surface area contributed by atoms with E-state index in [1.807, 2.05) is 64.1 Å². The van der Waals surface area contributed by atoms with Crippen molar-refractivity contribution in [3.63, 3.8) is 0 Å². The van der Waals surface area contributed by atoms with E-state index in [1.165, 1.54) is 4.31 Å². The lowest BCUT2D eigenvalue weighted by molar-refractivity contribution is -0.121. The number of hydrogen-bond acceptors (Lipinski definition) is 4. The summed E-state index contributed by atoms with van der Waals surface area (Å²) in [7, 11) is -3.63. The Morgan fingerprint density at radius 3 is 2.45 bits per heavy atom. The van der Waals surface area contributed by atoms with E-state index in [0.29, 0.717) is 12.2 Å². The van der Waals surface area contributed by atoms with Crippen LogP contribution in [0.25, 0.3) is 0 Å². The van der Waals surface area contributed by atoms with E-state index >= 15 is 0 Å². The Morgan fingerprint density at radius 1 is 1.10 bits per heavy atom. The van der Waals surface area contributed by atoms with Crippen LogP contribution in [0.15, 0.2) is 42.5 Å². The number of ether oxygens (including phenoxy) is 1. The van der Waals surface area contributed by atoms with Gasteiger partial charge in [-0.15, -0.1) is 0 Å². The number of aryl methyl sites for hydroxylation is 3. The first-order valence-electron chi connectivity index (χ1n) is 10.6. The molecule has 0 heterocycles. The van der Waals surface area contributed by atoms with Crippen LogP contribution in [0, 0.1) is 13.8 Å². The van der Waals surface area contributed by atoms with Gasteiger partial charge in [-0.1, -0.05) is 24.3 Å². The maximum Gasteiger partial charge on any atom is 0.243 e. The number of carbonyl (C=O) groups is 1. The Bertz CT molecular complexity index is 1000. The van der Waals surface area contributed by atoms with Gasteiger partial charge in [-0.2, -0.15) is 0 Å². The number of sulfonamides is 1. The predicted octanol–water partition coefficient (Wildman–Crippen LogP) is 3.99. The third kappa shape index (κ3) is 7.28. The van der Waals surface area contributed by atoms with Crippen molar-refractivity contribution in [1.82, 2.24) is 5.32 Å². The molecule has 0 aliphatic rings. The molecule has 0 aliphatic carbocycles. The monoisotopic (exact) mass is 446 g/mol. The van der Waals surface area contributed by atoms with Crippen molar-refractivity contribution in [2.75, 3.05) is 17.1 Å². The standard InChI is InChI=1S/C24H34N2O4S/c1-17(2)30-22-11-7-9-21(16-22)10-8-14-25-24(27)20(5)26(31(6,28)29)23-15-18(3)12-13-19(23)4/h7,9,11-13,15-17,20H,8,10,14H2,1-6H3,(H,25,27)/t20-/m0/s1. The third-order valence-electron chi connectivity index (χ3n) is 4.90. The molecule has 170 valence electrons. The Kier molecular flexibility index (Phi) is 8.51. The number of carbonyl (C=O) groups excluding carboxylic acids is 1. The van der Waals surface area contributed by atoms with Crippen molar-refractivity contribution >= 4 is 21.6 Å². The second kappa shape index (κ2) is 10.7. The minimum absolute atomic E-state index is 0.117. The number of nitrogens with one attached hydrogen (secondary N) is 1. The van der Waals surface area contributed by atoms with Crippen LogP contribution in [0.3, 0.4) is 0 Å². The molecule has 0 saturated carbocycles. The number of nitrogens with zero attached hydrogens (tertiary/aromatic N) is 1. The van der Waals surface area contributed by atoms with Crippen molar-refractivity contribution in [2.24, 2.45) is 0 Å². The summed E-state index contributed by atoms with van der Waals surface area (Å²) in [6.45, 7) is 9.79. The van der Waals surface area contributed by atoms with Crippen molar-refractivity contribution in [1.29, 1.82) is 0 Å². The topological polar surface area (TPSA) is 75.7 Å². The first-order valence-corrected chi connectivity index (χ1v) is 12.4. The van der Waals surface area contributed by atoms with Gasteiger partial charge in [0.15, 0.2) is 0 Å². The van der Waals surface area contributed by atoms with E-state index < -0.39 is 16.1 Å². The Labute approximate surface area is 186 Å². The summed E-state index contributed by atoms with van der Waals surface area (Å²) in [5, 5.41) is 2.88. The molecule has 1 N–H and O–H groups in total. The van der Waals surface area contributed by atoms with E-state index in [4.69, 9.17) is 4.74 Å². The highest BCUT2D eigenvalue weighted by Crippen LogP contribution is 2.26. The molecule has 6 nitrogen and oxygen atoms in total. The fraction of sp³-hybridized carbons (Fsp3) is 0.458. The zero-order valence-corrected chi connectivity index (χ0v) is 20.1. The molecule has 0 spiro atoms. The minimum atomic E-state index is -3.63. The van der Waals surface area contributed by atoms with Crippen LogP contribution < -0.4 is 14.4 Å². The zero-order valence-electron chi connectivity index (χ0n) is 19.3. The lowest BCUT2D eigenvalue weighted by Crippen LogP contribution is -2.48. The smallest absolute Gasteiger partial charge is 0.243 e. The quantitative estimate of drug-likeness (QED) is 0.560. The largest absolute Gasteiger partial charge is 0.491 e. The fourth-order valence-corrected chi connectivity index (χ4v) is 4.66. The van der Waals surface area contributed by atoms with Crippen molar-refractivity contribution in [3.05, 3.63) is 59.2 Å². The SMILES string of the molecule is Cc1ccc(C)c(N([C@@H](C)C(=O)NCCCc2cccc(OC(C)C)c2)S(C)(=O)=O)c1. The van der Waals surface area contributed by atoms with Crippen LogP contribution in [0.5, 0.6) is 5.75 Å². The Balaban J connectivity index is 2.00. The fourth-order valence-electron chi connectivity index (χ4n) is 3.44. The van der Waals surface area contributed by atoms with Crippen LogP contribution in [-0.2, 0) is 21.2 Å². The first kappa shape index (κ1) is 24.7. The van der Waals surface area contributed by atoms with Gasteiger partial charge in [-0.3, -0.25) is 9.10 Å². The minimum Gasteiger partial charge on any atom is -0.491 e. The van der Waals surface area contributed by atoms with Gasteiger partial charge in [0.25, 0.3) is 0 Å². The summed E-state index contributed by atoms with van der Waals surface area (Å²) in [5.74, 6) is 0.519. The van der Waals surface area contributed by atoms with Crippen LogP contribution in [0.4, 0.5) is 5.69 Å². The molecule has 0 bridgehead atoms. The van der Waals surface area contributed by atoms with Gasteiger partial charge in [0.1, 0.15) is 11.8 Å². The summed E-state index contributed by atoms with van der Waals surface area (Å²) >= 11 is 0. The molecular formula is C24H34N2O4S. The highest BCUT2D eigenvalue weighted by atomic mass is 32.2. The molecule has 0 unspecified atom stereocenters. The maximum atomic E-state index is 12.8. The maximum absolute atomic E-state index is 12.8. The highest BCUT2D eigenvalue weighted by Gasteiger charge is 2.30. The first-order chi connectivity index (χ1) is 14.5. The number of hydrogen-bond donors (Lipinski definition) is 1. The summed E-state index contributed by atoms with van der Waals surface area (Å²) < 4.78 is 31.9. The summed E-state index contributed by atoms with van der Waals surface area (Å²) in [6, 6.07) is 12.7. The van der Waals surface area contributed by atoms with Crippen LogP contribution in [0.1, 0.15) is 43.9 Å². The molecule has 1 amide bonds. The van der Waals surface area contributed by atoms with Crippen LogP contribution in [-0.4, -0.2) is 39.3 Å². The van der Waals surface area contributed by atoms with E-state index in [9.17, 15) is 13.2 Å². The summed E-state index contributed by atoms with van der Waals surface area (Å²) in [6.07, 6.45) is 2.78.